The maximum Gasteiger partial charge on any atom is 0.246 e. The Morgan fingerprint density at radius 2 is 2.20 bits per heavy atom. The van der Waals surface area contributed by atoms with Crippen molar-refractivity contribution in [2.45, 2.75) is 26.2 Å². The zero-order valence-electron chi connectivity index (χ0n) is 14.1. The number of hydrogen-bond acceptors (Lipinski definition) is 4. The smallest absolute Gasteiger partial charge is 0.246 e. The number of aromatic nitrogens is 2. The second-order valence-electron chi connectivity index (χ2n) is 6.07. The molecule has 0 unspecified atom stereocenters. The molecule has 0 spiro atoms. The van der Waals surface area contributed by atoms with E-state index in [-0.39, 0.29) is 17.7 Å². The largest absolute Gasteiger partial charge is 0.356 e. The minimum Gasteiger partial charge on any atom is -0.356 e. The first kappa shape index (κ1) is 17.9. The summed E-state index contributed by atoms with van der Waals surface area (Å²) in [7, 11) is 0. The standard InChI is InChI=1S/C17H21ClN4O2S/c1-2-7-19-16(24)12-5-8-21(9-6-12)14(23)4-3-13-15(18)20-17-22(13)10-11-25-17/h3-4,10-12H,2,5-9H2,1H3,(H,19,24)/b4-3+. The van der Waals surface area contributed by atoms with Crippen molar-refractivity contribution in [3.05, 3.63) is 28.5 Å². The highest BCUT2D eigenvalue weighted by Crippen LogP contribution is 2.23. The van der Waals surface area contributed by atoms with Gasteiger partial charge in [-0.1, -0.05) is 18.5 Å². The fourth-order valence-electron chi connectivity index (χ4n) is 2.94. The van der Waals surface area contributed by atoms with Gasteiger partial charge in [0, 0.05) is 43.2 Å². The number of nitrogens with zero attached hydrogens (tertiary/aromatic N) is 3. The molecule has 3 rings (SSSR count). The van der Waals surface area contributed by atoms with Crippen molar-refractivity contribution in [2.75, 3.05) is 19.6 Å². The van der Waals surface area contributed by atoms with Crippen LogP contribution >= 0.6 is 22.9 Å². The lowest BCUT2D eigenvalue weighted by Crippen LogP contribution is -2.42. The van der Waals surface area contributed by atoms with Crippen LogP contribution < -0.4 is 5.32 Å². The van der Waals surface area contributed by atoms with E-state index in [2.05, 4.69) is 10.3 Å². The van der Waals surface area contributed by atoms with E-state index < -0.39 is 0 Å². The van der Waals surface area contributed by atoms with Gasteiger partial charge in [-0.2, -0.15) is 0 Å². The van der Waals surface area contributed by atoms with Crippen LogP contribution in [-0.2, 0) is 9.59 Å². The fraction of sp³-hybridized carbons (Fsp3) is 0.471. The molecule has 0 bridgehead atoms. The van der Waals surface area contributed by atoms with E-state index in [1.807, 2.05) is 22.9 Å². The molecule has 1 saturated heterocycles. The highest BCUT2D eigenvalue weighted by molar-refractivity contribution is 7.15. The second kappa shape index (κ2) is 8.01. The van der Waals surface area contributed by atoms with Gasteiger partial charge in [0.15, 0.2) is 10.1 Å². The van der Waals surface area contributed by atoms with E-state index in [4.69, 9.17) is 11.6 Å². The fourth-order valence-corrected chi connectivity index (χ4v) is 3.94. The molecule has 1 N–H and O–H groups in total. The third kappa shape index (κ3) is 4.04. The maximum atomic E-state index is 12.4. The molecule has 1 fully saturated rings. The molecule has 2 amide bonds. The van der Waals surface area contributed by atoms with E-state index >= 15 is 0 Å². The van der Waals surface area contributed by atoms with E-state index in [0.29, 0.717) is 43.3 Å². The molecule has 0 aliphatic carbocycles. The predicted molar refractivity (Wildman–Crippen MR) is 99.7 cm³/mol. The van der Waals surface area contributed by atoms with Crippen LogP contribution in [0.1, 0.15) is 31.9 Å². The summed E-state index contributed by atoms with van der Waals surface area (Å²) >= 11 is 7.62. The summed E-state index contributed by atoms with van der Waals surface area (Å²) in [6, 6.07) is 0. The topological polar surface area (TPSA) is 66.7 Å². The van der Waals surface area contributed by atoms with Gasteiger partial charge in [-0.3, -0.25) is 14.0 Å². The van der Waals surface area contributed by atoms with Gasteiger partial charge >= 0.3 is 0 Å². The number of carbonyl (C=O) groups excluding carboxylic acids is 2. The zero-order chi connectivity index (χ0) is 17.8. The number of imidazole rings is 1. The molecule has 134 valence electrons. The van der Waals surface area contributed by atoms with Crippen LogP contribution in [0.4, 0.5) is 0 Å². The highest BCUT2D eigenvalue weighted by Gasteiger charge is 2.26. The summed E-state index contributed by atoms with van der Waals surface area (Å²) in [6.45, 7) is 3.94. The lowest BCUT2D eigenvalue weighted by molar-refractivity contribution is -0.132. The van der Waals surface area contributed by atoms with Crippen LogP contribution in [0.3, 0.4) is 0 Å². The average molecular weight is 381 g/mol. The SMILES string of the molecule is CCCNC(=O)C1CCN(C(=O)/C=C/c2c(Cl)nc3sccn23)CC1. The number of thiazole rings is 1. The normalized spacial score (nSPS) is 16.0. The van der Waals surface area contributed by atoms with Crippen molar-refractivity contribution in [3.8, 4) is 0 Å². The van der Waals surface area contributed by atoms with Crippen molar-refractivity contribution < 1.29 is 9.59 Å². The first-order valence-electron chi connectivity index (χ1n) is 8.46. The molecule has 0 saturated carbocycles. The van der Waals surface area contributed by atoms with Crippen molar-refractivity contribution in [1.82, 2.24) is 19.6 Å². The molecule has 6 nitrogen and oxygen atoms in total. The second-order valence-corrected chi connectivity index (χ2v) is 7.30. The third-order valence-corrected chi connectivity index (χ3v) is 5.40. The van der Waals surface area contributed by atoms with Crippen LogP contribution in [0.5, 0.6) is 0 Å². The molecular formula is C17H21ClN4O2S. The van der Waals surface area contributed by atoms with Crippen LogP contribution in [0, 0.1) is 5.92 Å². The average Bonchev–Trinajstić information content (AvgIpc) is 3.18. The lowest BCUT2D eigenvalue weighted by Gasteiger charge is -2.30. The molecule has 2 aromatic heterocycles. The highest BCUT2D eigenvalue weighted by atomic mass is 35.5. The Labute approximate surface area is 155 Å². The molecule has 8 heteroatoms. The van der Waals surface area contributed by atoms with Gasteiger partial charge in [-0.05, 0) is 25.3 Å². The van der Waals surface area contributed by atoms with Crippen LogP contribution in [0.15, 0.2) is 17.7 Å². The number of halogens is 1. The van der Waals surface area contributed by atoms with Gasteiger partial charge < -0.3 is 10.2 Å². The van der Waals surface area contributed by atoms with Crippen molar-refractivity contribution in [1.29, 1.82) is 0 Å². The molecule has 1 aliphatic heterocycles. The van der Waals surface area contributed by atoms with E-state index in [0.717, 1.165) is 11.4 Å². The monoisotopic (exact) mass is 380 g/mol. The summed E-state index contributed by atoms with van der Waals surface area (Å²) in [5.41, 5.74) is 0.708. The summed E-state index contributed by atoms with van der Waals surface area (Å²) in [5, 5.41) is 5.24. The number of nitrogens with one attached hydrogen (secondary N) is 1. The van der Waals surface area contributed by atoms with Crippen LogP contribution in [-0.4, -0.2) is 45.7 Å². The molecule has 3 heterocycles. The molecule has 0 radical (unpaired) electrons. The summed E-state index contributed by atoms with van der Waals surface area (Å²) in [6.07, 6.45) is 7.46. The van der Waals surface area contributed by atoms with E-state index in [1.165, 1.54) is 17.4 Å². The molecule has 1 aliphatic rings. The van der Waals surface area contributed by atoms with Gasteiger partial charge in [0.2, 0.25) is 11.8 Å². The number of carbonyl (C=O) groups is 2. The Bertz CT molecular complexity index is 790. The van der Waals surface area contributed by atoms with Crippen molar-refractivity contribution in [2.24, 2.45) is 5.92 Å². The van der Waals surface area contributed by atoms with Gasteiger partial charge in [0.25, 0.3) is 0 Å². The number of piperidine rings is 1. The third-order valence-electron chi connectivity index (χ3n) is 4.36. The molecule has 0 aromatic carbocycles. The number of rotatable bonds is 5. The van der Waals surface area contributed by atoms with Gasteiger partial charge in [0.05, 0.1) is 5.69 Å². The molecular weight excluding hydrogens is 360 g/mol. The predicted octanol–water partition coefficient (Wildman–Crippen LogP) is 2.83. The number of fused-ring (bicyclic) bond motifs is 1. The van der Waals surface area contributed by atoms with Gasteiger partial charge in [-0.25, -0.2) is 4.98 Å². The van der Waals surface area contributed by atoms with Crippen LogP contribution in [0.2, 0.25) is 5.15 Å². The number of amides is 2. The quantitative estimate of drug-likeness (QED) is 0.811. The first-order valence-corrected chi connectivity index (χ1v) is 9.71. The zero-order valence-corrected chi connectivity index (χ0v) is 15.6. The Balaban J connectivity index is 1.57. The Morgan fingerprint density at radius 3 is 2.92 bits per heavy atom. The van der Waals surface area contributed by atoms with Crippen molar-refractivity contribution >= 4 is 45.8 Å². The summed E-state index contributed by atoms with van der Waals surface area (Å²) < 4.78 is 1.86. The van der Waals surface area contributed by atoms with Crippen LogP contribution in [0.25, 0.3) is 11.0 Å². The Morgan fingerprint density at radius 1 is 1.44 bits per heavy atom. The molecule has 25 heavy (non-hydrogen) atoms. The minimum atomic E-state index is -0.0614. The molecule has 2 aromatic rings. The van der Waals surface area contributed by atoms with Gasteiger partial charge in [-0.15, -0.1) is 11.3 Å². The number of likely N-dealkylation sites (tertiary alicyclic amines) is 1. The number of hydrogen-bond donors (Lipinski definition) is 1. The van der Waals surface area contributed by atoms with Gasteiger partial charge in [0.1, 0.15) is 0 Å². The lowest BCUT2D eigenvalue weighted by atomic mass is 9.96. The Kier molecular flexibility index (Phi) is 5.75. The van der Waals surface area contributed by atoms with E-state index in [1.54, 1.807) is 11.0 Å². The van der Waals surface area contributed by atoms with E-state index in [9.17, 15) is 9.59 Å². The minimum absolute atomic E-state index is 0.00860. The summed E-state index contributed by atoms with van der Waals surface area (Å²) in [5.74, 6) is 0.0540. The molecule has 0 atom stereocenters. The Hall–Kier alpha value is -1.86. The summed E-state index contributed by atoms with van der Waals surface area (Å²) in [4.78, 5) is 31.2. The maximum absolute atomic E-state index is 12.4. The first-order chi connectivity index (χ1) is 12.1. The van der Waals surface area contributed by atoms with Crippen molar-refractivity contribution in [3.63, 3.8) is 0 Å².